The maximum Gasteiger partial charge on any atom is 0.410 e. The summed E-state index contributed by atoms with van der Waals surface area (Å²) in [6, 6.07) is 9.24. The molecule has 2 aromatic heterocycles. The molecule has 1 aliphatic heterocycles. The first-order chi connectivity index (χ1) is 20.4. The molecule has 43 heavy (non-hydrogen) atoms. The molecule has 232 valence electrons. The SMILES string of the molecule is CC(C)(C)OC(=O)N1CCC(NS(=O)(=O)c2ccc(C(CC3CCCC3)C(=O)Nc3nc4ccc(=O)[nH]c4s3)cc2)CC1. The quantitative estimate of drug-likeness (QED) is 0.319. The smallest absolute Gasteiger partial charge is 0.410 e. The van der Waals surface area contributed by atoms with Gasteiger partial charge >= 0.3 is 6.09 Å². The minimum Gasteiger partial charge on any atom is -0.444 e. The van der Waals surface area contributed by atoms with E-state index in [9.17, 15) is 22.8 Å². The number of likely N-dealkylation sites (tertiary alicyclic amines) is 1. The van der Waals surface area contributed by atoms with E-state index in [0.29, 0.717) is 53.7 Å². The summed E-state index contributed by atoms with van der Waals surface area (Å²) in [5, 5.41) is 3.33. The van der Waals surface area contributed by atoms with Gasteiger partial charge in [0.05, 0.1) is 10.8 Å². The summed E-state index contributed by atoms with van der Waals surface area (Å²) in [6.07, 6.45) is 5.66. The first kappa shape index (κ1) is 31.1. The van der Waals surface area contributed by atoms with Gasteiger partial charge in [-0.1, -0.05) is 49.2 Å². The predicted octanol–water partition coefficient (Wildman–Crippen LogP) is 4.97. The molecule has 0 radical (unpaired) electrons. The summed E-state index contributed by atoms with van der Waals surface area (Å²) in [5.41, 5.74) is 0.521. The minimum absolute atomic E-state index is 0.126. The van der Waals surface area contributed by atoms with Crippen LogP contribution in [0.5, 0.6) is 0 Å². The highest BCUT2D eigenvalue weighted by Gasteiger charge is 2.31. The van der Waals surface area contributed by atoms with Crippen molar-refractivity contribution in [2.45, 2.75) is 88.2 Å². The molecule has 2 aliphatic rings. The van der Waals surface area contributed by atoms with E-state index in [2.05, 4.69) is 20.0 Å². The Morgan fingerprint density at radius 2 is 1.74 bits per heavy atom. The number of nitrogens with zero attached hydrogens (tertiary/aromatic N) is 2. The number of hydrogen-bond donors (Lipinski definition) is 3. The average molecular weight is 630 g/mol. The lowest BCUT2D eigenvalue weighted by molar-refractivity contribution is -0.118. The number of ether oxygens (including phenoxy) is 1. The van der Waals surface area contributed by atoms with Crippen LogP contribution in [0, 0.1) is 5.92 Å². The topological polar surface area (TPSA) is 151 Å². The first-order valence-electron chi connectivity index (χ1n) is 14.8. The number of piperidine rings is 1. The van der Waals surface area contributed by atoms with E-state index in [4.69, 9.17) is 4.74 Å². The van der Waals surface area contributed by atoms with Crippen molar-refractivity contribution in [2.24, 2.45) is 5.92 Å². The second-order valence-corrected chi connectivity index (χ2v) is 15.1. The maximum atomic E-state index is 13.6. The lowest BCUT2D eigenvalue weighted by Gasteiger charge is -2.33. The van der Waals surface area contributed by atoms with Gasteiger partial charge in [-0.25, -0.2) is 22.9 Å². The van der Waals surface area contributed by atoms with Crippen LogP contribution < -0.4 is 15.6 Å². The molecular formula is C30H39N5O6S2. The van der Waals surface area contributed by atoms with Crippen molar-refractivity contribution in [1.82, 2.24) is 19.6 Å². The largest absolute Gasteiger partial charge is 0.444 e. The van der Waals surface area contributed by atoms with E-state index >= 15 is 0 Å². The fourth-order valence-electron chi connectivity index (χ4n) is 5.74. The molecule has 3 heterocycles. The van der Waals surface area contributed by atoms with Crippen LogP contribution in [0.25, 0.3) is 10.3 Å². The van der Waals surface area contributed by atoms with Gasteiger partial charge in [-0.3, -0.25) is 9.59 Å². The molecule has 1 unspecified atom stereocenters. The number of H-pyrrole nitrogens is 1. The number of hydrogen-bond acceptors (Lipinski definition) is 8. The summed E-state index contributed by atoms with van der Waals surface area (Å²) in [7, 11) is -3.80. The van der Waals surface area contributed by atoms with E-state index in [-0.39, 0.29) is 22.4 Å². The van der Waals surface area contributed by atoms with Gasteiger partial charge in [0, 0.05) is 25.2 Å². The Morgan fingerprint density at radius 1 is 1.07 bits per heavy atom. The third-order valence-electron chi connectivity index (χ3n) is 7.93. The Bertz CT molecular complexity index is 1610. The summed E-state index contributed by atoms with van der Waals surface area (Å²) in [5.74, 6) is -0.270. The zero-order chi connectivity index (χ0) is 30.8. The number of anilines is 1. The third kappa shape index (κ3) is 8.01. The van der Waals surface area contributed by atoms with Crippen molar-refractivity contribution in [3.63, 3.8) is 0 Å². The number of benzene rings is 1. The predicted molar refractivity (Wildman–Crippen MR) is 166 cm³/mol. The number of aromatic amines is 1. The number of amides is 2. The molecule has 5 rings (SSSR count). The Labute approximate surface area is 255 Å². The number of carbonyl (C=O) groups is 2. The zero-order valence-corrected chi connectivity index (χ0v) is 26.4. The summed E-state index contributed by atoms with van der Waals surface area (Å²) in [6.45, 7) is 6.25. The maximum absolute atomic E-state index is 13.6. The van der Waals surface area contributed by atoms with Gasteiger partial charge in [0.25, 0.3) is 0 Å². The number of rotatable bonds is 8. The van der Waals surface area contributed by atoms with Gasteiger partial charge in [0.1, 0.15) is 15.9 Å². The van der Waals surface area contributed by atoms with Crippen molar-refractivity contribution in [3.05, 3.63) is 52.3 Å². The molecule has 0 bridgehead atoms. The Balaban J connectivity index is 1.25. The van der Waals surface area contributed by atoms with Crippen LogP contribution in [-0.4, -0.2) is 60.0 Å². The van der Waals surface area contributed by atoms with Gasteiger partial charge < -0.3 is 19.9 Å². The lowest BCUT2D eigenvalue weighted by atomic mass is 9.87. The fourth-order valence-corrected chi connectivity index (χ4v) is 7.90. The van der Waals surface area contributed by atoms with E-state index in [1.807, 2.05) is 20.8 Å². The Kier molecular flexibility index (Phi) is 9.23. The van der Waals surface area contributed by atoms with Gasteiger partial charge in [0.15, 0.2) is 5.13 Å². The molecule has 3 N–H and O–H groups in total. The average Bonchev–Trinajstić information content (AvgIpc) is 3.60. The van der Waals surface area contributed by atoms with Crippen molar-refractivity contribution >= 4 is 48.8 Å². The molecule has 1 aliphatic carbocycles. The highest BCUT2D eigenvalue weighted by atomic mass is 32.2. The molecule has 3 aromatic rings. The van der Waals surface area contributed by atoms with Crippen molar-refractivity contribution in [1.29, 1.82) is 0 Å². The van der Waals surface area contributed by atoms with Gasteiger partial charge in [-0.2, -0.15) is 0 Å². The second kappa shape index (κ2) is 12.7. The van der Waals surface area contributed by atoms with Crippen LogP contribution >= 0.6 is 11.3 Å². The Hall–Kier alpha value is -3.29. The van der Waals surface area contributed by atoms with Crippen molar-refractivity contribution in [2.75, 3.05) is 18.4 Å². The normalized spacial score (nSPS) is 17.7. The van der Waals surface area contributed by atoms with E-state index in [1.54, 1.807) is 35.2 Å². The van der Waals surface area contributed by atoms with E-state index in [1.165, 1.54) is 17.4 Å². The van der Waals surface area contributed by atoms with E-state index in [0.717, 1.165) is 31.2 Å². The first-order valence-corrected chi connectivity index (χ1v) is 17.1. The monoisotopic (exact) mass is 629 g/mol. The molecule has 1 aromatic carbocycles. The molecule has 13 heteroatoms. The minimum atomic E-state index is -3.80. The van der Waals surface area contributed by atoms with Crippen LogP contribution in [-0.2, 0) is 19.6 Å². The molecule has 0 spiro atoms. The number of aromatic nitrogens is 2. The van der Waals surface area contributed by atoms with Crippen LogP contribution in [0.2, 0.25) is 0 Å². The highest BCUT2D eigenvalue weighted by molar-refractivity contribution is 7.89. The number of sulfonamides is 1. The van der Waals surface area contributed by atoms with Gasteiger partial charge in [-0.05, 0) is 69.7 Å². The summed E-state index contributed by atoms with van der Waals surface area (Å²) >= 11 is 1.21. The van der Waals surface area contributed by atoms with Gasteiger partial charge in [0.2, 0.25) is 21.5 Å². The second-order valence-electron chi connectivity index (χ2n) is 12.4. The lowest BCUT2D eigenvalue weighted by Crippen LogP contribution is -2.47. The van der Waals surface area contributed by atoms with Gasteiger partial charge in [-0.15, -0.1) is 0 Å². The Morgan fingerprint density at radius 3 is 2.40 bits per heavy atom. The molecule has 1 saturated carbocycles. The van der Waals surface area contributed by atoms with Crippen LogP contribution in [0.3, 0.4) is 0 Å². The van der Waals surface area contributed by atoms with E-state index < -0.39 is 27.6 Å². The van der Waals surface area contributed by atoms with Crippen LogP contribution in [0.15, 0.2) is 46.1 Å². The number of nitrogens with one attached hydrogen (secondary N) is 3. The molecule has 11 nitrogen and oxygen atoms in total. The summed E-state index contributed by atoms with van der Waals surface area (Å²) < 4.78 is 34.6. The highest BCUT2D eigenvalue weighted by Crippen LogP contribution is 2.36. The third-order valence-corrected chi connectivity index (χ3v) is 10.4. The summed E-state index contributed by atoms with van der Waals surface area (Å²) in [4.78, 5) is 47.0. The fraction of sp³-hybridized carbons (Fsp3) is 0.533. The molecule has 1 atom stereocenters. The molecular weight excluding hydrogens is 590 g/mol. The number of thiazole rings is 1. The zero-order valence-electron chi connectivity index (χ0n) is 24.7. The number of pyridine rings is 1. The van der Waals surface area contributed by atoms with Crippen molar-refractivity contribution < 1.29 is 22.7 Å². The van der Waals surface area contributed by atoms with Crippen molar-refractivity contribution in [3.8, 4) is 0 Å². The standard InChI is InChI=1S/C30H39N5O6S2/c1-30(2,3)41-29(38)35-16-14-21(15-17-35)34-43(39,40)22-10-8-20(9-11-22)23(18-19-6-4-5-7-19)26(37)33-28-31-24-12-13-25(36)32-27(24)42-28/h8-13,19,21,23,34H,4-7,14-18H2,1-3H3,(H,32,36)(H,31,33,37). The number of carbonyl (C=O) groups excluding carboxylic acids is 2. The molecule has 1 saturated heterocycles. The molecule has 2 amide bonds. The molecule has 2 fully saturated rings. The number of fused-ring (bicyclic) bond motifs is 1. The van der Waals surface area contributed by atoms with Crippen LogP contribution in [0.1, 0.15) is 77.2 Å². The van der Waals surface area contributed by atoms with Crippen LogP contribution in [0.4, 0.5) is 9.93 Å².